The molecule has 0 spiro atoms. The molecule has 0 aromatic carbocycles. The molecule has 0 unspecified atom stereocenters. The van der Waals surface area contributed by atoms with Crippen LogP contribution >= 0.6 is 23.5 Å². The summed E-state index contributed by atoms with van der Waals surface area (Å²) in [5.74, 6) is -2.14. The number of carboxylic acids is 2. The zero-order valence-electron chi connectivity index (χ0n) is 7.94. The quantitative estimate of drug-likeness (QED) is 0.402. The zero-order valence-corrected chi connectivity index (χ0v) is 12.5. The molecule has 104 valence electrons. The Hall–Kier alpha value is 0.261. The number of rotatable bonds is 6. The Bertz CT molecular complexity index is 343. The summed E-state index contributed by atoms with van der Waals surface area (Å²) in [5.41, 5.74) is 0. The van der Waals surface area contributed by atoms with Gasteiger partial charge in [0.1, 0.15) is 0 Å². The van der Waals surface area contributed by atoms with Gasteiger partial charge in [-0.25, -0.2) is 0 Å². The van der Waals surface area contributed by atoms with Gasteiger partial charge in [-0.3, -0.25) is 14.7 Å². The van der Waals surface area contributed by atoms with Crippen LogP contribution in [0.2, 0.25) is 0 Å². The molecule has 0 atom stereocenters. The van der Waals surface area contributed by atoms with Crippen molar-refractivity contribution in [1.29, 1.82) is 0 Å². The number of aromatic amines is 1. The monoisotopic (exact) mass is 463 g/mol. The molecule has 0 aliphatic carbocycles. The van der Waals surface area contributed by atoms with Crippen LogP contribution in [-0.2, 0) is 54.3 Å². The first-order valence-electron chi connectivity index (χ1n) is 3.69. The molecule has 7 nitrogen and oxygen atoms in total. The molecule has 0 aliphatic rings. The van der Waals surface area contributed by atoms with Gasteiger partial charge >= 0.3 is 11.9 Å². The molecule has 1 aromatic heterocycles. The number of carboxylic acid groups (broad SMARTS) is 2. The van der Waals surface area contributed by atoms with Crippen LogP contribution in [0.25, 0.3) is 0 Å². The van der Waals surface area contributed by atoms with Crippen LogP contribution in [0.5, 0.6) is 0 Å². The first-order chi connectivity index (χ1) is 7.08. The van der Waals surface area contributed by atoms with Gasteiger partial charge in [0.05, 0.1) is 11.5 Å². The molecule has 2 radical (unpaired) electrons. The van der Waals surface area contributed by atoms with Crippen LogP contribution < -0.4 is 0 Å². The predicted octanol–water partition coefficient (Wildman–Crippen LogP) is 0.153. The third kappa shape index (κ3) is 8.91. The number of aromatic nitrogens is 3. The number of thioether (sulfide) groups is 2. The van der Waals surface area contributed by atoms with Gasteiger partial charge < -0.3 is 10.2 Å². The van der Waals surface area contributed by atoms with Crippen LogP contribution in [0.1, 0.15) is 0 Å². The van der Waals surface area contributed by atoms with Crippen LogP contribution in [0, 0.1) is 0 Å². The van der Waals surface area contributed by atoms with Crippen molar-refractivity contribution in [3.8, 4) is 0 Å². The molecule has 1 aromatic rings. The molecule has 17 heavy (non-hydrogen) atoms. The van der Waals surface area contributed by atoms with Crippen molar-refractivity contribution >= 4 is 35.5 Å². The largest absolute Gasteiger partial charge is 0.481 e. The average Bonchev–Trinajstić information content (AvgIpc) is 2.59. The second-order valence-corrected chi connectivity index (χ2v) is 4.19. The SMILES string of the molecule is O=C(O)CSc1n[nH]c(SCC(=O)O)n1.[Ag].[Ag]. The van der Waals surface area contributed by atoms with E-state index in [-0.39, 0.29) is 56.3 Å². The van der Waals surface area contributed by atoms with Crippen molar-refractivity contribution in [1.82, 2.24) is 15.2 Å². The van der Waals surface area contributed by atoms with E-state index in [1.807, 2.05) is 0 Å². The number of hydrogen-bond acceptors (Lipinski definition) is 6. The van der Waals surface area contributed by atoms with E-state index in [1.165, 1.54) is 0 Å². The average molecular weight is 465 g/mol. The number of H-pyrrole nitrogens is 1. The Morgan fingerprint density at radius 3 is 2.18 bits per heavy atom. The summed E-state index contributed by atoms with van der Waals surface area (Å²) in [6.45, 7) is 0. The van der Waals surface area contributed by atoms with Gasteiger partial charge in [0.2, 0.25) is 5.16 Å². The standard InChI is InChI=1S/C6H7N3O4S2.2Ag/c10-3(11)1-14-5-7-6(9-8-5)15-2-4(12)13;;/h1-2H2,(H,10,11)(H,12,13)(H,7,8,9);;. The van der Waals surface area contributed by atoms with E-state index in [4.69, 9.17) is 10.2 Å². The smallest absolute Gasteiger partial charge is 0.313 e. The van der Waals surface area contributed by atoms with Crippen molar-refractivity contribution in [3.63, 3.8) is 0 Å². The number of carbonyl (C=O) groups is 2. The maximum Gasteiger partial charge on any atom is 0.313 e. The van der Waals surface area contributed by atoms with Gasteiger partial charge in [-0.1, -0.05) is 23.5 Å². The fraction of sp³-hybridized carbons (Fsp3) is 0.333. The van der Waals surface area contributed by atoms with Gasteiger partial charge in [-0.05, 0) is 0 Å². The Morgan fingerprint density at radius 2 is 1.65 bits per heavy atom. The maximum absolute atomic E-state index is 10.2. The van der Waals surface area contributed by atoms with E-state index in [0.29, 0.717) is 10.3 Å². The van der Waals surface area contributed by atoms with E-state index in [2.05, 4.69) is 15.2 Å². The number of nitrogens with zero attached hydrogens (tertiary/aromatic N) is 2. The summed E-state index contributed by atoms with van der Waals surface area (Å²) in [5, 5.41) is 23.7. The molecule has 1 rings (SSSR count). The zero-order chi connectivity index (χ0) is 11.3. The minimum Gasteiger partial charge on any atom is -0.481 e. The summed E-state index contributed by atoms with van der Waals surface area (Å²) in [7, 11) is 0. The molecule has 3 N–H and O–H groups in total. The summed E-state index contributed by atoms with van der Waals surface area (Å²) >= 11 is 1.96. The van der Waals surface area contributed by atoms with Gasteiger partial charge in [-0.2, -0.15) is 4.98 Å². The molecule has 0 saturated heterocycles. The molecule has 0 amide bonds. The second kappa shape index (κ2) is 10.2. The molecule has 0 saturated carbocycles. The molecule has 11 heteroatoms. The first kappa shape index (κ1) is 19.6. The Kier molecular flexibility index (Phi) is 11.8. The summed E-state index contributed by atoms with van der Waals surface area (Å²) in [4.78, 5) is 24.3. The minimum atomic E-state index is -0.954. The van der Waals surface area contributed by atoms with Crippen molar-refractivity contribution in [2.45, 2.75) is 10.3 Å². The Labute approximate surface area is 136 Å². The second-order valence-electron chi connectivity index (χ2n) is 2.29. The Balaban J connectivity index is 0. The predicted molar refractivity (Wildman–Crippen MR) is 53.1 cm³/mol. The summed E-state index contributed by atoms with van der Waals surface area (Å²) < 4.78 is 0. The molecule has 0 fully saturated rings. The van der Waals surface area contributed by atoms with Crippen LogP contribution in [0.4, 0.5) is 0 Å². The minimum absolute atomic E-state index is 0. The van der Waals surface area contributed by atoms with E-state index in [0.717, 1.165) is 23.5 Å². The van der Waals surface area contributed by atoms with Crippen molar-refractivity contribution in [3.05, 3.63) is 0 Å². The fourth-order valence-corrected chi connectivity index (χ4v) is 1.72. The van der Waals surface area contributed by atoms with Crippen LogP contribution in [0.15, 0.2) is 10.3 Å². The number of aliphatic carboxylic acids is 2. The Morgan fingerprint density at radius 1 is 1.12 bits per heavy atom. The van der Waals surface area contributed by atoms with E-state index < -0.39 is 11.9 Å². The van der Waals surface area contributed by atoms with Crippen LogP contribution in [-0.4, -0.2) is 48.8 Å². The molecule has 0 bridgehead atoms. The van der Waals surface area contributed by atoms with Gasteiger partial charge in [0, 0.05) is 44.8 Å². The third-order valence-corrected chi connectivity index (χ3v) is 2.78. The van der Waals surface area contributed by atoms with E-state index >= 15 is 0 Å². The van der Waals surface area contributed by atoms with E-state index in [9.17, 15) is 9.59 Å². The topological polar surface area (TPSA) is 116 Å². The van der Waals surface area contributed by atoms with Crippen molar-refractivity contribution in [2.75, 3.05) is 11.5 Å². The normalized spacial score (nSPS) is 8.94. The van der Waals surface area contributed by atoms with Crippen molar-refractivity contribution < 1.29 is 64.6 Å². The van der Waals surface area contributed by atoms with Crippen molar-refractivity contribution in [2.24, 2.45) is 0 Å². The fourth-order valence-electron chi connectivity index (χ4n) is 0.618. The van der Waals surface area contributed by atoms with Gasteiger partial charge in [0.15, 0.2) is 5.16 Å². The van der Waals surface area contributed by atoms with E-state index in [1.54, 1.807) is 0 Å². The van der Waals surface area contributed by atoms with Crippen LogP contribution in [0.3, 0.4) is 0 Å². The molecule has 0 aliphatic heterocycles. The molecule has 1 heterocycles. The molecular formula is C6H7Ag2N3O4S2. The number of hydrogen-bond donors (Lipinski definition) is 3. The first-order valence-corrected chi connectivity index (χ1v) is 5.66. The summed E-state index contributed by atoms with van der Waals surface area (Å²) in [6, 6.07) is 0. The third-order valence-electron chi connectivity index (χ3n) is 1.10. The number of nitrogens with one attached hydrogen (secondary N) is 1. The molecular weight excluding hydrogens is 458 g/mol. The maximum atomic E-state index is 10.2. The van der Waals surface area contributed by atoms with Gasteiger partial charge in [-0.15, -0.1) is 5.10 Å². The summed E-state index contributed by atoms with van der Waals surface area (Å²) in [6.07, 6.45) is 0. The van der Waals surface area contributed by atoms with Gasteiger partial charge in [0.25, 0.3) is 0 Å².